The molecule has 3 rings (SSSR count). The Morgan fingerprint density at radius 2 is 2.26 bits per heavy atom. The summed E-state index contributed by atoms with van der Waals surface area (Å²) in [5.41, 5.74) is 2.02. The van der Waals surface area contributed by atoms with Crippen LogP contribution in [0, 0.1) is 5.82 Å². The highest BCUT2D eigenvalue weighted by Crippen LogP contribution is 2.37. The number of nitrogens with one attached hydrogen (secondary N) is 2. The van der Waals surface area contributed by atoms with Crippen LogP contribution >= 0.6 is 11.3 Å². The second-order valence-electron chi connectivity index (χ2n) is 4.97. The molecule has 1 fully saturated rings. The van der Waals surface area contributed by atoms with Crippen LogP contribution in [0.3, 0.4) is 0 Å². The van der Waals surface area contributed by atoms with E-state index in [0.29, 0.717) is 18.5 Å². The summed E-state index contributed by atoms with van der Waals surface area (Å²) in [5, 5.41) is 5.25. The molecule has 5 heteroatoms. The van der Waals surface area contributed by atoms with Crippen LogP contribution in [0.1, 0.15) is 30.0 Å². The van der Waals surface area contributed by atoms with Gasteiger partial charge in [-0.2, -0.15) is 0 Å². The molecule has 1 aromatic carbocycles. The number of benzene rings is 1. The zero-order valence-corrected chi connectivity index (χ0v) is 11.2. The third-order valence-corrected chi connectivity index (χ3v) is 4.33. The molecule has 0 unspecified atom stereocenters. The van der Waals surface area contributed by atoms with E-state index >= 15 is 0 Å². The molecule has 1 aliphatic rings. The van der Waals surface area contributed by atoms with Gasteiger partial charge < -0.3 is 10.3 Å². The highest BCUT2D eigenvalue weighted by atomic mass is 32.1. The SMILES string of the molecule is O=c1[nH]c(CNC2CC(c3cccc(F)c3)C2)cs1. The zero-order chi connectivity index (χ0) is 13.2. The fraction of sp³-hybridized carbons (Fsp3) is 0.357. The first-order chi connectivity index (χ1) is 9.20. The molecule has 0 atom stereocenters. The number of hydrogen-bond donors (Lipinski definition) is 2. The average molecular weight is 278 g/mol. The molecule has 1 aromatic heterocycles. The summed E-state index contributed by atoms with van der Waals surface area (Å²) in [7, 11) is 0. The lowest BCUT2D eigenvalue weighted by atomic mass is 9.76. The van der Waals surface area contributed by atoms with Crippen LogP contribution in [0.5, 0.6) is 0 Å². The van der Waals surface area contributed by atoms with Crippen molar-refractivity contribution in [3.05, 3.63) is 56.4 Å². The van der Waals surface area contributed by atoms with Gasteiger partial charge in [-0.1, -0.05) is 23.5 Å². The molecule has 1 heterocycles. The van der Waals surface area contributed by atoms with Crippen LogP contribution in [-0.4, -0.2) is 11.0 Å². The summed E-state index contributed by atoms with van der Waals surface area (Å²) >= 11 is 1.19. The molecule has 3 nitrogen and oxygen atoms in total. The van der Waals surface area contributed by atoms with Gasteiger partial charge in [-0.3, -0.25) is 4.79 Å². The fourth-order valence-electron chi connectivity index (χ4n) is 2.47. The number of H-pyrrole nitrogens is 1. The maximum absolute atomic E-state index is 13.1. The minimum absolute atomic E-state index is 0.0111. The lowest BCUT2D eigenvalue weighted by Gasteiger charge is -2.36. The molecule has 19 heavy (non-hydrogen) atoms. The zero-order valence-electron chi connectivity index (χ0n) is 10.4. The summed E-state index contributed by atoms with van der Waals surface area (Å²) in [6.07, 6.45) is 2.05. The van der Waals surface area contributed by atoms with Gasteiger partial charge in [0.1, 0.15) is 5.82 Å². The molecular weight excluding hydrogens is 263 g/mol. The molecule has 0 aliphatic heterocycles. The topological polar surface area (TPSA) is 44.9 Å². The van der Waals surface area contributed by atoms with Crippen LogP contribution in [-0.2, 0) is 6.54 Å². The third-order valence-electron chi connectivity index (χ3n) is 3.61. The molecule has 0 radical (unpaired) electrons. The number of aromatic nitrogens is 1. The van der Waals surface area contributed by atoms with E-state index in [2.05, 4.69) is 10.3 Å². The van der Waals surface area contributed by atoms with Crippen molar-refractivity contribution in [1.82, 2.24) is 10.3 Å². The maximum atomic E-state index is 13.1. The lowest BCUT2D eigenvalue weighted by Crippen LogP contribution is -2.39. The van der Waals surface area contributed by atoms with Gasteiger partial charge in [0.05, 0.1) is 0 Å². The number of halogens is 1. The Bertz CT molecular complexity index is 616. The molecule has 0 saturated heterocycles. The van der Waals surface area contributed by atoms with E-state index in [0.717, 1.165) is 24.1 Å². The fourth-order valence-corrected chi connectivity index (χ4v) is 3.05. The summed E-state index contributed by atoms with van der Waals surface area (Å²) < 4.78 is 13.1. The van der Waals surface area contributed by atoms with Gasteiger partial charge in [-0.25, -0.2) is 4.39 Å². The predicted octanol–water partition coefficient (Wildman–Crippen LogP) is 2.61. The standard InChI is InChI=1S/C14H15FN2OS/c15-11-3-1-2-9(4-11)10-5-12(6-10)16-7-13-8-19-14(18)17-13/h1-4,8,10,12,16H,5-7H2,(H,17,18). The second-order valence-corrected chi connectivity index (χ2v) is 5.82. The minimum Gasteiger partial charge on any atom is -0.315 e. The first-order valence-electron chi connectivity index (χ1n) is 6.36. The maximum Gasteiger partial charge on any atom is 0.304 e. The van der Waals surface area contributed by atoms with Crippen molar-refractivity contribution < 1.29 is 4.39 Å². The van der Waals surface area contributed by atoms with Crippen LogP contribution in [0.15, 0.2) is 34.4 Å². The summed E-state index contributed by atoms with van der Waals surface area (Å²) in [5.74, 6) is 0.291. The third kappa shape index (κ3) is 2.93. The van der Waals surface area contributed by atoms with Gasteiger partial charge in [0.2, 0.25) is 0 Å². The largest absolute Gasteiger partial charge is 0.315 e. The highest BCUT2D eigenvalue weighted by Gasteiger charge is 2.29. The van der Waals surface area contributed by atoms with Crippen molar-refractivity contribution in [3.8, 4) is 0 Å². The monoisotopic (exact) mass is 278 g/mol. The first-order valence-corrected chi connectivity index (χ1v) is 7.24. The van der Waals surface area contributed by atoms with Crippen molar-refractivity contribution in [3.63, 3.8) is 0 Å². The molecular formula is C14H15FN2OS. The van der Waals surface area contributed by atoms with Gasteiger partial charge >= 0.3 is 4.87 Å². The molecule has 2 aromatic rings. The van der Waals surface area contributed by atoms with Crippen LogP contribution in [0.25, 0.3) is 0 Å². The Hall–Kier alpha value is -1.46. The molecule has 1 aliphatic carbocycles. The van der Waals surface area contributed by atoms with Crippen molar-refractivity contribution in [2.75, 3.05) is 0 Å². The Balaban J connectivity index is 1.49. The van der Waals surface area contributed by atoms with E-state index in [1.807, 2.05) is 11.4 Å². The Labute approximate surface area is 114 Å². The van der Waals surface area contributed by atoms with Gasteiger partial charge in [-0.05, 0) is 36.5 Å². The Morgan fingerprint density at radius 3 is 2.95 bits per heavy atom. The second kappa shape index (κ2) is 5.27. The van der Waals surface area contributed by atoms with E-state index in [4.69, 9.17) is 0 Å². The van der Waals surface area contributed by atoms with Crippen molar-refractivity contribution in [2.24, 2.45) is 0 Å². The molecule has 2 N–H and O–H groups in total. The van der Waals surface area contributed by atoms with Crippen LogP contribution in [0.4, 0.5) is 4.39 Å². The number of aromatic amines is 1. The highest BCUT2D eigenvalue weighted by molar-refractivity contribution is 7.07. The van der Waals surface area contributed by atoms with E-state index in [-0.39, 0.29) is 10.7 Å². The van der Waals surface area contributed by atoms with Gasteiger partial charge in [0, 0.05) is 23.7 Å². The van der Waals surface area contributed by atoms with Crippen LogP contribution in [0.2, 0.25) is 0 Å². The minimum atomic E-state index is -0.162. The van der Waals surface area contributed by atoms with E-state index < -0.39 is 0 Å². The number of rotatable bonds is 4. The number of thiazole rings is 1. The van der Waals surface area contributed by atoms with Gasteiger partial charge in [0.25, 0.3) is 0 Å². The van der Waals surface area contributed by atoms with Gasteiger partial charge in [0.15, 0.2) is 0 Å². The Kier molecular flexibility index (Phi) is 3.48. The summed E-state index contributed by atoms with van der Waals surface area (Å²) in [6.45, 7) is 0.694. The van der Waals surface area contributed by atoms with E-state index in [9.17, 15) is 9.18 Å². The van der Waals surface area contributed by atoms with E-state index in [1.165, 1.54) is 17.4 Å². The molecule has 1 saturated carbocycles. The Morgan fingerprint density at radius 1 is 1.42 bits per heavy atom. The molecule has 100 valence electrons. The smallest absolute Gasteiger partial charge is 0.304 e. The van der Waals surface area contributed by atoms with Gasteiger partial charge in [-0.15, -0.1) is 0 Å². The summed E-state index contributed by atoms with van der Waals surface area (Å²) in [4.78, 5) is 13.8. The van der Waals surface area contributed by atoms with Crippen molar-refractivity contribution in [2.45, 2.75) is 31.3 Å². The average Bonchev–Trinajstić information content (AvgIpc) is 2.73. The summed E-state index contributed by atoms with van der Waals surface area (Å²) in [6, 6.07) is 7.31. The van der Waals surface area contributed by atoms with E-state index in [1.54, 1.807) is 12.1 Å². The van der Waals surface area contributed by atoms with Crippen molar-refractivity contribution in [1.29, 1.82) is 0 Å². The molecule has 0 bridgehead atoms. The normalized spacial score (nSPS) is 22.2. The molecule has 0 amide bonds. The first kappa shape index (κ1) is 12.6. The predicted molar refractivity (Wildman–Crippen MR) is 73.9 cm³/mol. The quantitative estimate of drug-likeness (QED) is 0.903. The van der Waals surface area contributed by atoms with Crippen LogP contribution < -0.4 is 10.2 Å². The molecule has 0 spiro atoms. The number of hydrogen-bond acceptors (Lipinski definition) is 3. The lowest BCUT2D eigenvalue weighted by molar-refractivity contribution is 0.288. The van der Waals surface area contributed by atoms with Crippen molar-refractivity contribution >= 4 is 11.3 Å².